The van der Waals surface area contributed by atoms with E-state index in [-0.39, 0.29) is 0 Å². The average molecular weight is 260 g/mol. The van der Waals surface area contributed by atoms with Gasteiger partial charge < -0.3 is 0 Å². The van der Waals surface area contributed by atoms with Crippen molar-refractivity contribution in [2.75, 3.05) is 0 Å². The molecule has 0 nitrogen and oxygen atoms in total. The lowest BCUT2D eigenvalue weighted by Gasteiger charge is -2.38. The van der Waals surface area contributed by atoms with E-state index in [1.165, 1.54) is 12.8 Å². The first-order chi connectivity index (χ1) is 6.95. The lowest BCUT2D eigenvalue weighted by Crippen LogP contribution is -2.36. The van der Waals surface area contributed by atoms with E-state index in [2.05, 4.69) is 33.7 Å². The molecule has 0 spiro atoms. The Morgan fingerprint density at radius 1 is 0.929 bits per heavy atom. The molecule has 0 amide bonds. The maximum Gasteiger partial charge on any atom is 0.0324 e. The Balaban J connectivity index is 1.69. The second-order valence-corrected chi connectivity index (χ2v) is 10.9. The van der Waals surface area contributed by atoms with Crippen LogP contribution in [-0.4, -0.2) is 10.5 Å². The molecule has 4 heteroatoms. The summed E-state index contributed by atoms with van der Waals surface area (Å²) in [5.41, 5.74) is 0. The molecule has 1 heterocycles. The topological polar surface area (TPSA) is 0 Å². The summed E-state index contributed by atoms with van der Waals surface area (Å²) < 4.78 is 0. The van der Waals surface area contributed by atoms with Gasteiger partial charge in [-0.3, -0.25) is 0 Å². The number of hydrogen-bond donors (Lipinski definition) is 0. The van der Waals surface area contributed by atoms with E-state index in [1.807, 2.05) is 19.7 Å². The fourth-order valence-corrected chi connectivity index (χ4v) is 12.6. The molecule has 3 fully saturated rings. The Morgan fingerprint density at radius 2 is 1.71 bits per heavy atom. The summed E-state index contributed by atoms with van der Waals surface area (Å²) in [6.07, 6.45) is 7.90. The highest BCUT2D eigenvalue weighted by Crippen LogP contribution is 2.69. The van der Waals surface area contributed by atoms with E-state index in [9.17, 15) is 0 Å². The van der Waals surface area contributed by atoms with E-state index in [0.717, 1.165) is 34.2 Å². The summed E-state index contributed by atoms with van der Waals surface area (Å²) in [5.74, 6) is 4.09. The first-order valence-electron chi connectivity index (χ1n) is 5.27. The molecule has 0 aromatic rings. The van der Waals surface area contributed by atoms with Crippen LogP contribution in [0.5, 0.6) is 0 Å². The van der Waals surface area contributed by atoms with E-state index < -0.39 is 0 Å². The zero-order valence-corrected chi connectivity index (χ0v) is 10.9. The first kappa shape index (κ1) is 9.20. The zero-order valence-electron chi connectivity index (χ0n) is 7.67. The number of hydrogen-bond acceptors (Lipinski definition) is 4. The third-order valence-corrected chi connectivity index (χ3v) is 11.8. The predicted octanol–water partition coefficient (Wildman–Crippen LogP) is 4.26. The van der Waals surface area contributed by atoms with Crippen LogP contribution in [0, 0.1) is 23.7 Å². The van der Waals surface area contributed by atoms with Crippen molar-refractivity contribution in [1.29, 1.82) is 0 Å². The molecule has 0 aromatic carbocycles. The number of allylic oxidation sites excluding steroid dienone is 2. The normalized spacial score (nSPS) is 58.9. The molecule has 76 valence electrons. The maximum absolute atomic E-state index is 2.53. The predicted molar refractivity (Wildman–Crippen MR) is 70.3 cm³/mol. The lowest BCUT2D eigenvalue weighted by atomic mass is 9.81. The van der Waals surface area contributed by atoms with Crippen molar-refractivity contribution in [3.05, 3.63) is 12.2 Å². The van der Waals surface area contributed by atoms with E-state index in [0.29, 0.717) is 0 Å². The van der Waals surface area contributed by atoms with Gasteiger partial charge in [0, 0.05) is 10.5 Å². The zero-order chi connectivity index (χ0) is 9.12. The van der Waals surface area contributed by atoms with Gasteiger partial charge >= 0.3 is 0 Å². The molecule has 0 aromatic heterocycles. The minimum atomic E-state index is 0.970. The molecule has 6 atom stereocenters. The van der Waals surface area contributed by atoms with Gasteiger partial charge in [0.25, 0.3) is 0 Å². The van der Waals surface area contributed by atoms with Gasteiger partial charge in [-0.25, -0.2) is 0 Å². The second kappa shape index (κ2) is 3.31. The van der Waals surface area contributed by atoms with Crippen molar-refractivity contribution < 1.29 is 0 Å². The van der Waals surface area contributed by atoms with Gasteiger partial charge in [-0.1, -0.05) is 33.7 Å². The van der Waals surface area contributed by atoms with Gasteiger partial charge in [0.05, 0.1) is 0 Å². The van der Waals surface area contributed by atoms with Gasteiger partial charge in [-0.2, -0.15) is 0 Å². The van der Waals surface area contributed by atoms with Crippen molar-refractivity contribution in [1.82, 2.24) is 0 Å². The summed E-state index contributed by atoms with van der Waals surface area (Å²) in [4.78, 5) is 0. The summed E-state index contributed by atoms with van der Waals surface area (Å²) >= 11 is 0. The number of rotatable bonds is 0. The highest BCUT2D eigenvalue weighted by atomic mass is 33.7. The van der Waals surface area contributed by atoms with Crippen LogP contribution in [0.1, 0.15) is 12.8 Å². The highest BCUT2D eigenvalue weighted by Gasteiger charge is 2.59. The molecule has 3 aliphatic carbocycles. The van der Waals surface area contributed by atoms with Crippen LogP contribution in [0.3, 0.4) is 0 Å². The maximum atomic E-state index is 2.53. The van der Waals surface area contributed by atoms with Crippen molar-refractivity contribution in [3.63, 3.8) is 0 Å². The van der Waals surface area contributed by atoms with Crippen LogP contribution in [-0.2, 0) is 0 Å². The molecule has 0 N–H and O–H groups in total. The minimum absolute atomic E-state index is 0.970. The fraction of sp³-hybridized carbons (Fsp3) is 0.800. The molecule has 2 unspecified atom stereocenters. The quantitative estimate of drug-likeness (QED) is 0.471. The van der Waals surface area contributed by atoms with Crippen LogP contribution < -0.4 is 0 Å². The fourth-order valence-electron chi connectivity index (χ4n) is 3.85. The molecule has 2 saturated carbocycles. The lowest BCUT2D eigenvalue weighted by molar-refractivity contribution is 0.300. The smallest absolute Gasteiger partial charge is 0.0324 e. The largest absolute Gasteiger partial charge is 0.0879 e. The number of fused-ring (bicyclic) bond motifs is 8. The van der Waals surface area contributed by atoms with Crippen LogP contribution in [0.15, 0.2) is 12.2 Å². The van der Waals surface area contributed by atoms with Gasteiger partial charge in [0.1, 0.15) is 0 Å². The van der Waals surface area contributed by atoms with Gasteiger partial charge in [0.15, 0.2) is 0 Å². The summed E-state index contributed by atoms with van der Waals surface area (Å²) in [7, 11) is 8.39. The minimum Gasteiger partial charge on any atom is -0.0879 e. The van der Waals surface area contributed by atoms with Crippen molar-refractivity contribution in [3.8, 4) is 0 Å². The third kappa shape index (κ3) is 1.09. The van der Waals surface area contributed by atoms with Gasteiger partial charge in [0.2, 0.25) is 0 Å². The van der Waals surface area contributed by atoms with Crippen molar-refractivity contribution >= 4 is 41.2 Å². The standard InChI is InChI=1S/C10H12S4/c1-2-5-6(3-1)8-4-7(5)9-10(8)12-14-13-11-9/h1-2,5-10H,3-4H2/t5-,6+,7+,8-,9?,10?/m0/s1. The molecular weight excluding hydrogens is 248 g/mol. The van der Waals surface area contributed by atoms with Crippen LogP contribution in [0.25, 0.3) is 0 Å². The highest BCUT2D eigenvalue weighted by molar-refractivity contribution is 9.27. The van der Waals surface area contributed by atoms with Crippen molar-refractivity contribution in [2.24, 2.45) is 23.7 Å². The Morgan fingerprint density at radius 3 is 2.57 bits per heavy atom. The summed E-state index contributed by atoms with van der Waals surface area (Å²) in [6.45, 7) is 0. The Bertz CT molecular complexity index is 290. The van der Waals surface area contributed by atoms with Crippen molar-refractivity contribution in [2.45, 2.75) is 23.3 Å². The molecule has 4 rings (SSSR count). The Kier molecular flexibility index (Phi) is 2.18. The average Bonchev–Trinajstić information content (AvgIpc) is 2.88. The second-order valence-electron chi connectivity index (χ2n) is 4.73. The molecule has 2 bridgehead atoms. The Labute approximate surface area is 100 Å². The van der Waals surface area contributed by atoms with Crippen LogP contribution in [0.2, 0.25) is 0 Å². The Hall–Kier alpha value is 1.14. The first-order valence-corrected chi connectivity index (χ1v) is 10.2. The summed E-state index contributed by atoms with van der Waals surface area (Å²) in [6, 6.07) is 0. The SMILES string of the molecule is C1=C[C@H]2[C@@H](C1)[C@@H]1C[C@H]2C2SSSSC21. The molecular formula is C10H12S4. The molecule has 0 radical (unpaired) electrons. The molecule has 1 aliphatic heterocycles. The van der Waals surface area contributed by atoms with Gasteiger partial charge in [-0.15, -0.1) is 0 Å². The van der Waals surface area contributed by atoms with E-state index in [4.69, 9.17) is 0 Å². The molecule has 14 heavy (non-hydrogen) atoms. The van der Waals surface area contributed by atoms with Crippen LogP contribution >= 0.6 is 41.2 Å². The third-order valence-electron chi connectivity index (χ3n) is 4.35. The van der Waals surface area contributed by atoms with E-state index in [1.54, 1.807) is 0 Å². The van der Waals surface area contributed by atoms with E-state index >= 15 is 0 Å². The molecule has 4 aliphatic rings. The van der Waals surface area contributed by atoms with Crippen LogP contribution in [0.4, 0.5) is 0 Å². The summed E-state index contributed by atoms with van der Waals surface area (Å²) in [5, 5.41) is 1.96. The molecule has 1 saturated heterocycles. The monoisotopic (exact) mass is 260 g/mol. The van der Waals surface area contributed by atoms with Gasteiger partial charge in [-0.05, 0) is 56.2 Å².